The molecule has 1 aliphatic heterocycles. The van der Waals surface area contributed by atoms with Gasteiger partial charge in [-0.2, -0.15) is 0 Å². The number of rotatable bonds is 5. The third-order valence-electron chi connectivity index (χ3n) is 4.41. The Kier molecular flexibility index (Phi) is 5.75. The molecule has 0 unspecified atom stereocenters. The first-order valence-corrected chi connectivity index (χ1v) is 9.03. The molecule has 0 aliphatic carbocycles. The van der Waals surface area contributed by atoms with Crippen molar-refractivity contribution in [1.82, 2.24) is 9.80 Å². The lowest BCUT2D eigenvalue weighted by Gasteiger charge is -2.31. The van der Waals surface area contributed by atoms with Crippen LogP contribution in [0.5, 0.6) is 11.5 Å². The summed E-state index contributed by atoms with van der Waals surface area (Å²) in [5, 5.41) is 22.1. The van der Waals surface area contributed by atoms with Gasteiger partial charge in [-0.05, 0) is 42.1 Å². The Morgan fingerprint density at radius 1 is 0.935 bits per heavy atom. The van der Waals surface area contributed by atoms with E-state index in [4.69, 9.17) is 17.0 Å². The maximum absolute atomic E-state index is 12.4. The van der Waals surface area contributed by atoms with Crippen LogP contribution in [0.25, 0.3) is 6.08 Å². The van der Waals surface area contributed by atoms with Gasteiger partial charge in [0.2, 0.25) is 5.75 Å². The molecule has 11 nitrogen and oxygen atoms in total. The van der Waals surface area contributed by atoms with E-state index in [1.165, 1.54) is 42.1 Å². The fraction of sp³-hybridized carbons (Fsp3) is 0.105. The second-order valence-corrected chi connectivity index (χ2v) is 6.77. The van der Waals surface area contributed by atoms with Gasteiger partial charge in [-0.1, -0.05) is 12.1 Å². The van der Waals surface area contributed by atoms with Crippen molar-refractivity contribution in [3.8, 4) is 11.5 Å². The number of nitrogens with zero attached hydrogens (tertiary/aromatic N) is 4. The number of hydrogen-bond donors (Lipinski definition) is 0. The highest BCUT2D eigenvalue weighted by atomic mass is 32.1. The number of amides is 2. The predicted molar refractivity (Wildman–Crippen MR) is 112 cm³/mol. The third-order valence-corrected chi connectivity index (χ3v) is 4.96. The van der Waals surface area contributed by atoms with Gasteiger partial charge in [0, 0.05) is 20.2 Å². The summed E-state index contributed by atoms with van der Waals surface area (Å²) in [5.41, 5.74) is -0.548. The normalized spacial score (nSPS) is 14.0. The van der Waals surface area contributed by atoms with Crippen LogP contribution in [0.4, 0.5) is 11.4 Å². The lowest BCUT2D eigenvalue weighted by molar-refractivity contribution is -0.394. The lowest BCUT2D eigenvalue weighted by Crippen LogP contribution is -2.52. The fourth-order valence-corrected chi connectivity index (χ4v) is 2.91. The minimum Gasteiger partial charge on any atom is -0.450 e. The average molecular weight is 442 g/mol. The monoisotopic (exact) mass is 442 g/mol. The van der Waals surface area contributed by atoms with E-state index in [1.807, 2.05) is 0 Å². The van der Waals surface area contributed by atoms with Crippen LogP contribution in [-0.4, -0.2) is 50.7 Å². The van der Waals surface area contributed by atoms with Crippen LogP contribution in [0.1, 0.15) is 5.56 Å². The number of benzene rings is 2. The summed E-state index contributed by atoms with van der Waals surface area (Å²) >= 11 is 5.03. The number of carbonyl (C=O) groups is 2. The van der Waals surface area contributed by atoms with E-state index in [2.05, 4.69) is 0 Å². The van der Waals surface area contributed by atoms with Crippen molar-refractivity contribution < 1.29 is 24.2 Å². The Morgan fingerprint density at radius 3 is 2.03 bits per heavy atom. The largest absolute Gasteiger partial charge is 0.450 e. The van der Waals surface area contributed by atoms with Crippen LogP contribution < -0.4 is 4.74 Å². The Labute approximate surface area is 180 Å². The summed E-state index contributed by atoms with van der Waals surface area (Å²) in [4.78, 5) is 47.6. The highest BCUT2D eigenvalue weighted by molar-refractivity contribution is 7.80. The first-order chi connectivity index (χ1) is 14.6. The van der Waals surface area contributed by atoms with Crippen LogP contribution in [0.15, 0.2) is 48.0 Å². The molecule has 158 valence electrons. The van der Waals surface area contributed by atoms with Gasteiger partial charge in [-0.3, -0.25) is 39.6 Å². The number of carbonyl (C=O) groups excluding carboxylic acids is 2. The van der Waals surface area contributed by atoms with Crippen molar-refractivity contribution in [2.75, 3.05) is 14.1 Å². The molecular weight excluding hydrogens is 428 g/mol. The molecule has 0 bridgehead atoms. The third kappa shape index (κ3) is 4.23. The van der Waals surface area contributed by atoms with Crippen molar-refractivity contribution in [2.45, 2.75) is 0 Å². The summed E-state index contributed by atoms with van der Waals surface area (Å²) in [5.74, 6) is -1.02. The molecule has 1 fully saturated rings. The Balaban J connectivity index is 1.86. The van der Waals surface area contributed by atoms with Crippen molar-refractivity contribution in [2.24, 2.45) is 0 Å². The number of likely N-dealkylation sites (N-methyl/N-ethyl adjacent to an activating group) is 2. The van der Waals surface area contributed by atoms with Gasteiger partial charge in [0.05, 0.1) is 15.9 Å². The Morgan fingerprint density at radius 2 is 1.52 bits per heavy atom. The molecule has 1 saturated heterocycles. The van der Waals surface area contributed by atoms with Gasteiger partial charge in [0.15, 0.2) is 5.11 Å². The van der Waals surface area contributed by atoms with Crippen LogP contribution >= 0.6 is 12.2 Å². The summed E-state index contributed by atoms with van der Waals surface area (Å²) in [7, 11) is 2.94. The van der Waals surface area contributed by atoms with Crippen LogP contribution in [0, 0.1) is 20.2 Å². The fourth-order valence-electron chi connectivity index (χ4n) is 2.75. The molecule has 1 heterocycles. The molecule has 2 aromatic rings. The number of nitro groups is 2. The number of non-ortho nitro benzene ring substituents is 1. The van der Waals surface area contributed by atoms with Crippen LogP contribution in [0.3, 0.4) is 0 Å². The summed E-state index contributed by atoms with van der Waals surface area (Å²) in [6, 6.07) is 9.10. The molecular formula is C19H14N4O7S. The van der Waals surface area contributed by atoms with Gasteiger partial charge >= 0.3 is 5.69 Å². The first kappa shape index (κ1) is 21.5. The van der Waals surface area contributed by atoms with E-state index in [0.717, 1.165) is 18.2 Å². The molecule has 0 spiro atoms. The van der Waals surface area contributed by atoms with Gasteiger partial charge in [-0.25, -0.2) is 0 Å². The quantitative estimate of drug-likeness (QED) is 0.227. The van der Waals surface area contributed by atoms with Gasteiger partial charge in [0.25, 0.3) is 17.5 Å². The van der Waals surface area contributed by atoms with Gasteiger partial charge in [0.1, 0.15) is 11.3 Å². The lowest BCUT2D eigenvalue weighted by atomic mass is 10.1. The molecule has 0 aromatic heterocycles. The number of nitro benzene ring substituents is 2. The van der Waals surface area contributed by atoms with Crippen LogP contribution in [0.2, 0.25) is 0 Å². The molecule has 0 atom stereocenters. The highest BCUT2D eigenvalue weighted by Gasteiger charge is 2.35. The molecule has 12 heteroatoms. The molecule has 0 N–H and O–H groups in total. The highest BCUT2D eigenvalue weighted by Crippen LogP contribution is 2.34. The first-order valence-electron chi connectivity index (χ1n) is 8.62. The predicted octanol–water partition coefficient (Wildman–Crippen LogP) is 2.89. The maximum Gasteiger partial charge on any atom is 0.318 e. The Hall–Kier alpha value is -4.19. The second-order valence-electron chi connectivity index (χ2n) is 6.41. The summed E-state index contributed by atoms with van der Waals surface area (Å²) < 4.78 is 5.49. The van der Waals surface area contributed by atoms with E-state index in [0.29, 0.717) is 5.56 Å². The van der Waals surface area contributed by atoms with Crippen molar-refractivity contribution in [1.29, 1.82) is 0 Å². The van der Waals surface area contributed by atoms with Crippen molar-refractivity contribution >= 4 is 46.6 Å². The zero-order valence-electron chi connectivity index (χ0n) is 16.2. The Bertz CT molecular complexity index is 1130. The van der Waals surface area contributed by atoms with Gasteiger partial charge < -0.3 is 4.74 Å². The maximum atomic E-state index is 12.4. The molecule has 31 heavy (non-hydrogen) atoms. The molecule has 2 amide bonds. The van der Waals surface area contributed by atoms with E-state index in [-0.39, 0.29) is 22.2 Å². The zero-order chi connectivity index (χ0) is 22.9. The van der Waals surface area contributed by atoms with E-state index < -0.39 is 33.0 Å². The minimum absolute atomic E-state index is 0.0710. The SMILES string of the molecule is CN1C(=O)C(=Cc2ccc(Oc3ccc([N+](=O)[O-])cc3[N+](=O)[O-])cc2)C(=O)N(C)C1=S. The molecule has 0 saturated carbocycles. The number of ether oxygens (including phenoxy) is 1. The molecule has 0 radical (unpaired) electrons. The summed E-state index contributed by atoms with van der Waals surface area (Å²) in [6.45, 7) is 0. The average Bonchev–Trinajstić information content (AvgIpc) is 2.75. The topological polar surface area (TPSA) is 136 Å². The minimum atomic E-state index is -0.779. The van der Waals surface area contributed by atoms with E-state index in [1.54, 1.807) is 12.1 Å². The van der Waals surface area contributed by atoms with Gasteiger partial charge in [-0.15, -0.1) is 0 Å². The summed E-state index contributed by atoms with van der Waals surface area (Å²) in [6.07, 6.45) is 1.40. The number of thiocarbonyl (C=S) groups is 1. The smallest absolute Gasteiger partial charge is 0.318 e. The second kappa shape index (κ2) is 8.28. The standard InChI is InChI=1S/C19H14N4O7S/c1-20-17(24)14(18(25)21(2)19(20)31)9-11-3-6-13(7-4-11)30-16-8-5-12(22(26)27)10-15(16)23(28)29/h3-10H,1-2H3. The molecule has 2 aromatic carbocycles. The molecule has 3 rings (SSSR count). The molecule has 1 aliphatic rings. The van der Waals surface area contributed by atoms with Crippen molar-refractivity contribution in [3.05, 3.63) is 73.8 Å². The van der Waals surface area contributed by atoms with E-state index in [9.17, 15) is 29.8 Å². The zero-order valence-corrected chi connectivity index (χ0v) is 17.0. The van der Waals surface area contributed by atoms with Crippen LogP contribution in [-0.2, 0) is 9.59 Å². The van der Waals surface area contributed by atoms with Crippen molar-refractivity contribution in [3.63, 3.8) is 0 Å². The van der Waals surface area contributed by atoms with E-state index >= 15 is 0 Å². The number of hydrogen-bond acceptors (Lipinski definition) is 8.